The SMILES string of the molecule is O=c1c2cc(Br)ccc2n2c(N3CC=CC3)nnc2n1Cc1ccccc1. The minimum Gasteiger partial charge on any atom is -0.333 e. The smallest absolute Gasteiger partial charge is 0.263 e. The summed E-state index contributed by atoms with van der Waals surface area (Å²) in [5.74, 6) is 1.31. The van der Waals surface area contributed by atoms with E-state index in [-0.39, 0.29) is 5.56 Å². The summed E-state index contributed by atoms with van der Waals surface area (Å²) in [6.45, 7) is 2.02. The van der Waals surface area contributed by atoms with Crippen LogP contribution in [0.1, 0.15) is 5.56 Å². The van der Waals surface area contributed by atoms with Crippen molar-refractivity contribution in [2.45, 2.75) is 6.54 Å². The lowest BCUT2D eigenvalue weighted by Gasteiger charge is -2.17. The fourth-order valence-electron chi connectivity index (χ4n) is 3.52. The van der Waals surface area contributed by atoms with Gasteiger partial charge in [-0.05, 0) is 23.8 Å². The Morgan fingerprint density at radius 3 is 2.56 bits per heavy atom. The predicted molar refractivity (Wildman–Crippen MR) is 109 cm³/mol. The first-order valence-electron chi connectivity index (χ1n) is 8.73. The Balaban J connectivity index is 1.82. The standard InChI is InChI=1S/C20H16BrN5O/c21-15-8-9-17-16(12-15)18(27)25(13-14-6-2-1-3-7-14)20-23-22-19(26(17)20)24-10-4-5-11-24/h1-9,12H,10-11,13H2. The molecule has 27 heavy (non-hydrogen) atoms. The molecule has 2 aromatic carbocycles. The Morgan fingerprint density at radius 1 is 1.00 bits per heavy atom. The number of rotatable bonds is 3. The Kier molecular flexibility index (Phi) is 3.82. The van der Waals surface area contributed by atoms with E-state index >= 15 is 0 Å². The average molecular weight is 422 g/mol. The van der Waals surface area contributed by atoms with Gasteiger partial charge in [-0.3, -0.25) is 9.36 Å². The van der Waals surface area contributed by atoms with E-state index in [1.165, 1.54) is 0 Å². The van der Waals surface area contributed by atoms with Crippen LogP contribution in [0.15, 0.2) is 70.0 Å². The van der Waals surface area contributed by atoms with E-state index in [2.05, 4.69) is 43.2 Å². The quantitative estimate of drug-likeness (QED) is 0.476. The lowest BCUT2D eigenvalue weighted by molar-refractivity contribution is 0.766. The number of fused-ring (bicyclic) bond motifs is 3. The summed E-state index contributed by atoms with van der Waals surface area (Å²) < 4.78 is 4.55. The van der Waals surface area contributed by atoms with Gasteiger partial charge in [-0.2, -0.15) is 0 Å². The highest BCUT2D eigenvalue weighted by Crippen LogP contribution is 2.24. The van der Waals surface area contributed by atoms with E-state index in [0.717, 1.165) is 34.6 Å². The maximum absolute atomic E-state index is 13.3. The Labute approximate surface area is 163 Å². The molecule has 0 unspecified atom stereocenters. The second-order valence-electron chi connectivity index (χ2n) is 6.55. The fraction of sp³-hybridized carbons (Fsp3) is 0.150. The van der Waals surface area contributed by atoms with Crippen LogP contribution >= 0.6 is 15.9 Å². The molecule has 2 aromatic heterocycles. The third-order valence-electron chi connectivity index (χ3n) is 4.83. The number of aromatic nitrogens is 4. The molecule has 1 aliphatic heterocycles. The van der Waals surface area contributed by atoms with Gasteiger partial charge in [0.1, 0.15) is 0 Å². The number of benzene rings is 2. The van der Waals surface area contributed by atoms with Gasteiger partial charge in [-0.15, -0.1) is 10.2 Å². The van der Waals surface area contributed by atoms with Crippen molar-refractivity contribution in [2.75, 3.05) is 18.0 Å². The van der Waals surface area contributed by atoms with Crippen molar-refractivity contribution >= 4 is 38.6 Å². The first-order valence-corrected chi connectivity index (χ1v) is 9.53. The van der Waals surface area contributed by atoms with Crippen molar-refractivity contribution < 1.29 is 0 Å². The van der Waals surface area contributed by atoms with Gasteiger partial charge in [-0.1, -0.05) is 58.4 Å². The molecule has 1 aliphatic rings. The van der Waals surface area contributed by atoms with Crippen molar-refractivity contribution in [2.24, 2.45) is 0 Å². The van der Waals surface area contributed by atoms with Crippen LogP contribution in [0.25, 0.3) is 16.7 Å². The van der Waals surface area contributed by atoms with Gasteiger partial charge >= 0.3 is 0 Å². The summed E-state index contributed by atoms with van der Waals surface area (Å²) in [4.78, 5) is 15.4. The summed E-state index contributed by atoms with van der Waals surface area (Å²) in [6, 6.07) is 15.7. The summed E-state index contributed by atoms with van der Waals surface area (Å²) in [5.41, 5.74) is 1.79. The lowest BCUT2D eigenvalue weighted by Crippen LogP contribution is -2.26. The number of hydrogen-bond donors (Lipinski definition) is 0. The molecule has 0 saturated carbocycles. The predicted octanol–water partition coefficient (Wildman–Crippen LogP) is 3.23. The van der Waals surface area contributed by atoms with Crippen LogP contribution in [0.2, 0.25) is 0 Å². The highest BCUT2D eigenvalue weighted by atomic mass is 79.9. The van der Waals surface area contributed by atoms with Crippen LogP contribution in [0.5, 0.6) is 0 Å². The maximum Gasteiger partial charge on any atom is 0.263 e. The monoisotopic (exact) mass is 421 g/mol. The molecule has 0 fully saturated rings. The fourth-order valence-corrected chi connectivity index (χ4v) is 3.88. The van der Waals surface area contributed by atoms with Crippen molar-refractivity contribution in [3.63, 3.8) is 0 Å². The molecule has 3 heterocycles. The molecule has 0 spiro atoms. The molecule has 0 bridgehead atoms. The first kappa shape index (κ1) is 16.3. The largest absolute Gasteiger partial charge is 0.333 e. The van der Waals surface area contributed by atoms with Gasteiger partial charge in [0.15, 0.2) is 0 Å². The maximum atomic E-state index is 13.3. The summed E-state index contributed by atoms with van der Waals surface area (Å²) in [5, 5.41) is 9.45. The van der Waals surface area contributed by atoms with Crippen LogP contribution in [0, 0.1) is 0 Å². The van der Waals surface area contributed by atoms with E-state index in [1.807, 2.05) is 52.9 Å². The van der Waals surface area contributed by atoms with Crippen LogP contribution in [-0.2, 0) is 6.54 Å². The number of hydrogen-bond acceptors (Lipinski definition) is 4. The van der Waals surface area contributed by atoms with E-state index < -0.39 is 0 Å². The third kappa shape index (κ3) is 2.66. The molecule has 0 radical (unpaired) electrons. The van der Waals surface area contributed by atoms with E-state index in [1.54, 1.807) is 4.57 Å². The Morgan fingerprint density at radius 2 is 1.78 bits per heavy atom. The van der Waals surface area contributed by atoms with E-state index in [4.69, 9.17) is 0 Å². The van der Waals surface area contributed by atoms with Crippen molar-refractivity contribution in [3.8, 4) is 0 Å². The summed E-state index contributed by atoms with van der Waals surface area (Å²) >= 11 is 3.49. The van der Waals surface area contributed by atoms with Crippen molar-refractivity contribution in [3.05, 3.63) is 81.1 Å². The topological polar surface area (TPSA) is 55.4 Å². The van der Waals surface area contributed by atoms with Crippen LogP contribution in [0.3, 0.4) is 0 Å². The second kappa shape index (κ2) is 6.35. The molecule has 0 amide bonds. The Hall–Kier alpha value is -2.93. The average Bonchev–Trinajstić information content (AvgIpc) is 3.35. The normalized spacial score (nSPS) is 13.9. The van der Waals surface area contributed by atoms with Crippen LogP contribution in [-0.4, -0.2) is 32.3 Å². The van der Waals surface area contributed by atoms with Gasteiger partial charge in [0.25, 0.3) is 5.56 Å². The molecule has 7 heteroatoms. The number of nitrogens with zero attached hydrogens (tertiary/aromatic N) is 5. The minimum atomic E-state index is -0.0684. The molecule has 4 aromatic rings. The molecule has 6 nitrogen and oxygen atoms in total. The lowest BCUT2D eigenvalue weighted by atomic mass is 10.2. The van der Waals surface area contributed by atoms with Crippen LogP contribution < -0.4 is 10.5 Å². The molecular weight excluding hydrogens is 406 g/mol. The summed E-state index contributed by atoms with van der Waals surface area (Å²) in [6.07, 6.45) is 4.22. The molecule has 0 saturated heterocycles. The van der Waals surface area contributed by atoms with Crippen LogP contribution in [0.4, 0.5) is 5.95 Å². The summed E-state index contributed by atoms with van der Waals surface area (Å²) in [7, 11) is 0. The highest BCUT2D eigenvalue weighted by molar-refractivity contribution is 9.10. The molecule has 5 rings (SSSR count). The van der Waals surface area contributed by atoms with Gasteiger partial charge in [0.2, 0.25) is 11.7 Å². The Bertz CT molecular complexity index is 1230. The molecule has 134 valence electrons. The van der Waals surface area contributed by atoms with Gasteiger partial charge < -0.3 is 4.90 Å². The highest BCUT2D eigenvalue weighted by Gasteiger charge is 2.21. The molecule has 0 N–H and O–H groups in total. The van der Waals surface area contributed by atoms with Gasteiger partial charge in [0, 0.05) is 17.6 Å². The number of anilines is 1. The van der Waals surface area contributed by atoms with Crippen molar-refractivity contribution in [1.82, 2.24) is 19.2 Å². The first-order chi connectivity index (χ1) is 13.2. The third-order valence-corrected chi connectivity index (χ3v) is 5.32. The minimum absolute atomic E-state index is 0.0684. The zero-order chi connectivity index (χ0) is 18.4. The molecule has 0 atom stereocenters. The molecular formula is C20H16BrN5O. The zero-order valence-electron chi connectivity index (χ0n) is 14.4. The van der Waals surface area contributed by atoms with E-state index in [9.17, 15) is 4.79 Å². The number of halogens is 1. The zero-order valence-corrected chi connectivity index (χ0v) is 16.0. The van der Waals surface area contributed by atoms with Crippen molar-refractivity contribution in [1.29, 1.82) is 0 Å². The van der Waals surface area contributed by atoms with E-state index in [0.29, 0.717) is 17.7 Å². The van der Waals surface area contributed by atoms with Gasteiger partial charge in [-0.25, -0.2) is 4.40 Å². The second-order valence-corrected chi connectivity index (χ2v) is 7.47. The van der Waals surface area contributed by atoms with Gasteiger partial charge in [0.05, 0.1) is 17.4 Å². The molecule has 0 aliphatic carbocycles.